The summed E-state index contributed by atoms with van der Waals surface area (Å²) in [6.07, 6.45) is 1.86. The summed E-state index contributed by atoms with van der Waals surface area (Å²) in [5, 5.41) is 6.10. The predicted molar refractivity (Wildman–Crippen MR) is 229 cm³/mol. The third-order valence-electron chi connectivity index (χ3n) is 10.7. The summed E-state index contributed by atoms with van der Waals surface area (Å²) in [5.74, 6) is 0. The second-order valence-corrected chi connectivity index (χ2v) is 13.9. The van der Waals surface area contributed by atoms with E-state index in [2.05, 4.69) is 205 Å². The number of fused-ring (bicyclic) bond motifs is 3. The van der Waals surface area contributed by atoms with Gasteiger partial charge in [0.1, 0.15) is 0 Å². The van der Waals surface area contributed by atoms with Crippen LogP contribution in [0, 0.1) is 0 Å². The Morgan fingerprint density at radius 2 is 0.685 bits per heavy atom. The monoisotopic (exact) mass is 685 g/mol. The number of rotatable bonds is 6. The summed E-state index contributed by atoms with van der Waals surface area (Å²) in [6, 6.07) is 74.9. The van der Waals surface area contributed by atoms with Gasteiger partial charge in [-0.3, -0.25) is 4.98 Å². The smallest absolute Gasteiger partial charge is 0.0708 e. The predicted octanol–water partition coefficient (Wildman–Crippen LogP) is 14.5. The zero-order chi connectivity index (χ0) is 35.8. The van der Waals surface area contributed by atoms with Gasteiger partial charge in [0.05, 0.1) is 5.52 Å². The van der Waals surface area contributed by atoms with Crippen molar-refractivity contribution >= 4 is 32.4 Å². The van der Waals surface area contributed by atoms with Crippen LogP contribution in [-0.2, 0) is 0 Å². The maximum Gasteiger partial charge on any atom is 0.0708 e. The molecule has 0 N–H and O–H groups in total. The van der Waals surface area contributed by atoms with Crippen LogP contribution in [0.25, 0.3) is 99.2 Å². The van der Waals surface area contributed by atoms with Crippen molar-refractivity contribution in [1.82, 2.24) is 4.98 Å². The first-order valence-electron chi connectivity index (χ1n) is 18.5. The van der Waals surface area contributed by atoms with Crippen LogP contribution < -0.4 is 0 Å². The molecule has 54 heavy (non-hydrogen) atoms. The summed E-state index contributed by atoms with van der Waals surface area (Å²) in [7, 11) is 0. The second kappa shape index (κ2) is 13.5. The van der Waals surface area contributed by atoms with E-state index in [0.29, 0.717) is 0 Å². The van der Waals surface area contributed by atoms with Crippen LogP contribution in [0.3, 0.4) is 0 Å². The minimum atomic E-state index is 1.00. The van der Waals surface area contributed by atoms with E-state index in [4.69, 9.17) is 0 Å². The van der Waals surface area contributed by atoms with Gasteiger partial charge in [0.25, 0.3) is 0 Å². The van der Waals surface area contributed by atoms with E-state index in [0.717, 1.165) is 16.5 Å². The molecule has 252 valence electrons. The van der Waals surface area contributed by atoms with E-state index in [-0.39, 0.29) is 0 Å². The van der Waals surface area contributed by atoms with Gasteiger partial charge < -0.3 is 0 Å². The Balaban J connectivity index is 1.19. The lowest BCUT2D eigenvalue weighted by Gasteiger charge is -2.20. The molecule has 9 aromatic carbocycles. The van der Waals surface area contributed by atoms with Crippen LogP contribution in [0.2, 0.25) is 0 Å². The van der Waals surface area contributed by atoms with Crippen LogP contribution in [0.15, 0.2) is 212 Å². The lowest BCUT2D eigenvalue weighted by molar-refractivity contribution is 1.41. The minimum Gasteiger partial charge on any atom is -0.256 e. The molecule has 0 spiro atoms. The normalized spacial score (nSPS) is 11.3. The molecule has 0 saturated heterocycles. The number of aromatic nitrogens is 1. The first-order valence-corrected chi connectivity index (χ1v) is 18.5. The summed E-state index contributed by atoms with van der Waals surface area (Å²) in [4.78, 5) is 4.63. The molecule has 0 aliphatic carbocycles. The van der Waals surface area contributed by atoms with Gasteiger partial charge >= 0.3 is 0 Å². The number of hydrogen-bond donors (Lipinski definition) is 0. The molecule has 0 radical (unpaired) electrons. The third kappa shape index (κ3) is 5.55. The molecule has 10 rings (SSSR count). The molecule has 0 unspecified atom stereocenters. The second-order valence-electron chi connectivity index (χ2n) is 13.9. The number of nitrogens with zero attached hydrogens (tertiary/aromatic N) is 1. The highest BCUT2D eigenvalue weighted by Crippen LogP contribution is 2.46. The lowest BCUT2D eigenvalue weighted by Crippen LogP contribution is -1.93. The molecular weight excluding hydrogens is 651 g/mol. The number of hydrogen-bond acceptors (Lipinski definition) is 1. The highest BCUT2D eigenvalue weighted by atomic mass is 14.6. The van der Waals surface area contributed by atoms with Crippen LogP contribution in [-0.4, -0.2) is 4.98 Å². The van der Waals surface area contributed by atoms with Crippen LogP contribution in [0.5, 0.6) is 0 Å². The standard InChI is InChI=1S/C53H35N/c1-3-15-36(16-4-1)44-28-13-29-45(37-17-5-2-6-18-37)51(44)42-21-12-22-43(34-42)53-48-26-9-7-24-46(48)52(47-25-8-10-27-49(47)53)41-20-11-19-39(33-41)40-31-30-38-23-14-32-54-50(38)35-40/h1-35H. The zero-order valence-corrected chi connectivity index (χ0v) is 29.7. The van der Waals surface area contributed by atoms with E-state index in [1.807, 2.05) is 12.3 Å². The molecule has 10 aromatic rings. The van der Waals surface area contributed by atoms with Crippen molar-refractivity contribution in [2.45, 2.75) is 0 Å². The van der Waals surface area contributed by atoms with Crippen LogP contribution in [0.1, 0.15) is 0 Å². The molecule has 1 heterocycles. The van der Waals surface area contributed by atoms with E-state index >= 15 is 0 Å². The van der Waals surface area contributed by atoms with E-state index in [1.165, 1.54) is 82.7 Å². The fraction of sp³-hybridized carbons (Fsp3) is 0. The van der Waals surface area contributed by atoms with Gasteiger partial charge in [0, 0.05) is 11.6 Å². The highest BCUT2D eigenvalue weighted by Gasteiger charge is 2.19. The topological polar surface area (TPSA) is 12.9 Å². The molecule has 1 aromatic heterocycles. The number of benzene rings is 9. The van der Waals surface area contributed by atoms with Gasteiger partial charge in [-0.25, -0.2) is 0 Å². The Morgan fingerprint density at radius 1 is 0.259 bits per heavy atom. The molecule has 0 saturated carbocycles. The highest BCUT2D eigenvalue weighted by molar-refractivity contribution is 6.21. The van der Waals surface area contributed by atoms with Gasteiger partial charge in [-0.05, 0) is 113 Å². The quantitative estimate of drug-likeness (QED) is 0.159. The Hall–Kier alpha value is -7.09. The van der Waals surface area contributed by atoms with Crippen molar-refractivity contribution in [3.8, 4) is 66.8 Å². The summed E-state index contributed by atoms with van der Waals surface area (Å²) >= 11 is 0. The Bertz CT molecular complexity index is 2860. The van der Waals surface area contributed by atoms with Crippen LogP contribution in [0.4, 0.5) is 0 Å². The average Bonchev–Trinajstić information content (AvgIpc) is 3.25. The van der Waals surface area contributed by atoms with Crippen molar-refractivity contribution < 1.29 is 0 Å². The molecule has 0 atom stereocenters. The van der Waals surface area contributed by atoms with Gasteiger partial charge in [-0.2, -0.15) is 0 Å². The molecule has 0 amide bonds. The van der Waals surface area contributed by atoms with Crippen molar-refractivity contribution in [3.05, 3.63) is 212 Å². The van der Waals surface area contributed by atoms with E-state index in [1.54, 1.807) is 0 Å². The Kier molecular flexibility index (Phi) is 7.89. The molecule has 0 aliphatic heterocycles. The fourth-order valence-corrected chi connectivity index (χ4v) is 8.26. The lowest BCUT2D eigenvalue weighted by atomic mass is 9.83. The molecule has 0 fully saturated rings. The van der Waals surface area contributed by atoms with Crippen molar-refractivity contribution in [3.63, 3.8) is 0 Å². The first-order chi connectivity index (χ1) is 26.8. The fourth-order valence-electron chi connectivity index (χ4n) is 8.26. The molecular formula is C53H35N. The summed E-state index contributed by atoms with van der Waals surface area (Å²) in [5.41, 5.74) is 15.5. The molecule has 1 nitrogen and oxygen atoms in total. The van der Waals surface area contributed by atoms with Gasteiger partial charge in [-0.1, -0.05) is 182 Å². The average molecular weight is 686 g/mol. The van der Waals surface area contributed by atoms with Crippen LogP contribution >= 0.6 is 0 Å². The van der Waals surface area contributed by atoms with Gasteiger partial charge in [0.2, 0.25) is 0 Å². The molecule has 0 aliphatic rings. The zero-order valence-electron chi connectivity index (χ0n) is 29.7. The molecule has 0 bridgehead atoms. The third-order valence-corrected chi connectivity index (χ3v) is 10.7. The first kappa shape index (κ1) is 31.6. The SMILES string of the molecule is c1ccc(-c2cccc(-c3ccccc3)c2-c2cccc(-c3c4ccccc4c(-c4cccc(-c5ccc6cccnc6c5)c4)c4ccccc34)c2)cc1. The minimum absolute atomic E-state index is 1.00. The summed E-state index contributed by atoms with van der Waals surface area (Å²) in [6.45, 7) is 0. The largest absolute Gasteiger partial charge is 0.256 e. The van der Waals surface area contributed by atoms with Crippen molar-refractivity contribution in [2.75, 3.05) is 0 Å². The number of pyridine rings is 1. The van der Waals surface area contributed by atoms with Crippen molar-refractivity contribution in [2.24, 2.45) is 0 Å². The van der Waals surface area contributed by atoms with E-state index < -0.39 is 0 Å². The maximum atomic E-state index is 4.63. The molecule has 1 heteroatoms. The van der Waals surface area contributed by atoms with Crippen molar-refractivity contribution in [1.29, 1.82) is 0 Å². The Labute approximate surface area is 315 Å². The van der Waals surface area contributed by atoms with Gasteiger partial charge in [0.15, 0.2) is 0 Å². The van der Waals surface area contributed by atoms with Gasteiger partial charge in [-0.15, -0.1) is 0 Å². The Morgan fingerprint density at radius 3 is 1.24 bits per heavy atom. The van der Waals surface area contributed by atoms with E-state index in [9.17, 15) is 0 Å². The summed E-state index contributed by atoms with van der Waals surface area (Å²) < 4.78 is 0. The maximum absolute atomic E-state index is 4.63.